The van der Waals surface area contributed by atoms with Crippen LogP contribution in [0.1, 0.15) is 23.2 Å². The van der Waals surface area contributed by atoms with Gasteiger partial charge in [-0.3, -0.25) is 9.48 Å². The molecule has 0 atom stereocenters. The summed E-state index contributed by atoms with van der Waals surface area (Å²) in [7, 11) is 0. The number of anilines is 1. The molecule has 26 heavy (non-hydrogen) atoms. The van der Waals surface area contributed by atoms with Gasteiger partial charge in [0.1, 0.15) is 0 Å². The van der Waals surface area contributed by atoms with Crippen molar-refractivity contribution in [2.75, 3.05) is 18.5 Å². The molecular formula is C19H21N5O2. The van der Waals surface area contributed by atoms with E-state index in [-0.39, 0.29) is 5.91 Å². The van der Waals surface area contributed by atoms with Crippen LogP contribution in [0.4, 0.5) is 5.69 Å². The fourth-order valence-corrected chi connectivity index (χ4v) is 3.14. The van der Waals surface area contributed by atoms with E-state index in [1.54, 1.807) is 23.1 Å². The number of carbonyl (C=O) groups excluding carboxylic acids is 1. The van der Waals surface area contributed by atoms with Crippen LogP contribution in [0.25, 0.3) is 5.69 Å². The van der Waals surface area contributed by atoms with Gasteiger partial charge < -0.3 is 10.1 Å². The molecule has 1 amide bonds. The second kappa shape index (κ2) is 7.53. The highest BCUT2D eigenvalue weighted by Crippen LogP contribution is 2.18. The molecule has 1 aliphatic rings. The van der Waals surface area contributed by atoms with Gasteiger partial charge in [-0.1, -0.05) is 6.07 Å². The summed E-state index contributed by atoms with van der Waals surface area (Å²) in [4.78, 5) is 12.5. The SMILES string of the molecule is O=C(Nc1cnn(CC2CCOCC2)c1)c1cccc(-n2cccn2)c1. The molecule has 4 rings (SSSR count). The first-order valence-electron chi connectivity index (χ1n) is 8.79. The summed E-state index contributed by atoms with van der Waals surface area (Å²) >= 11 is 0. The van der Waals surface area contributed by atoms with E-state index in [9.17, 15) is 4.79 Å². The Labute approximate surface area is 151 Å². The van der Waals surface area contributed by atoms with E-state index in [4.69, 9.17) is 4.74 Å². The summed E-state index contributed by atoms with van der Waals surface area (Å²) in [5.41, 5.74) is 2.12. The normalized spacial score (nSPS) is 15.1. The first-order valence-corrected chi connectivity index (χ1v) is 8.79. The summed E-state index contributed by atoms with van der Waals surface area (Å²) in [6, 6.07) is 9.21. The lowest BCUT2D eigenvalue weighted by Gasteiger charge is -2.21. The molecule has 1 N–H and O–H groups in total. The van der Waals surface area contributed by atoms with Crippen molar-refractivity contribution in [3.05, 3.63) is 60.7 Å². The van der Waals surface area contributed by atoms with Crippen molar-refractivity contribution in [3.8, 4) is 5.69 Å². The molecule has 0 radical (unpaired) electrons. The monoisotopic (exact) mass is 351 g/mol. The molecule has 1 aliphatic heterocycles. The van der Waals surface area contributed by atoms with Gasteiger partial charge in [0.2, 0.25) is 0 Å². The van der Waals surface area contributed by atoms with Gasteiger partial charge in [0.25, 0.3) is 5.91 Å². The number of benzene rings is 1. The Morgan fingerprint density at radius 1 is 1.23 bits per heavy atom. The minimum atomic E-state index is -0.162. The van der Waals surface area contributed by atoms with Gasteiger partial charge in [-0.05, 0) is 43.0 Å². The van der Waals surface area contributed by atoms with Gasteiger partial charge in [-0.2, -0.15) is 10.2 Å². The van der Waals surface area contributed by atoms with E-state index in [1.807, 2.05) is 41.3 Å². The quantitative estimate of drug-likeness (QED) is 0.767. The lowest BCUT2D eigenvalue weighted by molar-refractivity contribution is 0.0601. The number of hydrogen-bond donors (Lipinski definition) is 1. The van der Waals surface area contributed by atoms with Gasteiger partial charge in [0.15, 0.2) is 0 Å². The average molecular weight is 351 g/mol. The Morgan fingerprint density at radius 2 is 2.12 bits per heavy atom. The molecule has 1 fully saturated rings. The number of hydrogen-bond acceptors (Lipinski definition) is 4. The zero-order valence-electron chi connectivity index (χ0n) is 14.4. The standard InChI is InChI=1S/C19H21N5O2/c25-19(16-3-1-4-18(11-16)24-8-2-7-20-24)22-17-12-21-23(14-17)13-15-5-9-26-10-6-15/h1-4,7-8,11-12,14-15H,5-6,9-10,13H2,(H,22,25). The van der Waals surface area contributed by atoms with Crippen LogP contribution in [0.15, 0.2) is 55.1 Å². The van der Waals surface area contributed by atoms with Crippen LogP contribution in [0.3, 0.4) is 0 Å². The zero-order valence-corrected chi connectivity index (χ0v) is 14.4. The molecule has 7 nitrogen and oxygen atoms in total. The maximum absolute atomic E-state index is 12.5. The van der Waals surface area contributed by atoms with Crippen molar-refractivity contribution < 1.29 is 9.53 Å². The van der Waals surface area contributed by atoms with Crippen molar-refractivity contribution >= 4 is 11.6 Å². The van der Waals surface area contributed by atoms with Gasteiger partial charge in [0, 0.05) is 43.9 Å². The summed E-state index contributed by atoms with van der Waals surface area (Å²) in [6.07, 6.45) is 9.24. The third kappa shape index (κ3) is 3.83. The molecule has 3 aromatic rings. The Morgan fingerprint density at radius 3 is 2.92 bits per heavy atom. The van der Waals surface area contributed by atoms with Crippen molar-refractivity contribution in [1.82, 2.24) is 19.6 Å². The third-order valence-corrected chi connectivity index (χ3v) is 4.55. The minimum Gasteiger partial charge on any atom is -0.381 e. The lowest BCUT2D eigenvalue weighted by atomic mass is 10.0. The largest absolute Gasteiger partial charge is 0.381 e. The van der Waals surface area contributed by atoms with E-state index in [2.05, 4.69) is 15.5 Å². The van der Waals surface area contributed by atoms with E-state index >= 15 is 0 Å². The van der Waals surface area contributed by atoms with Gasteiger partial charge in [-0.15, -0.1) is 0 Å². The predicted octanol–water partition coefficient (Wildman–Crippen LogP) is 2.75. The fraction of sp³-hybridized carbons (Fsp3) is 0.316. The average Bonchev–Trinajstić information content (AvgIpc) is 3.35. The number of rotatable bonds is 5. The van der Waals surface area contributed by atoms with Crippen LogP contribution in [0.2, 0.25) is 0 Å². The summed E-state index contributed by atoms with van der Waals surface area (Å²) in [6.45, 7) is 2.50. The molecule has 0 spiro atoms. The van der Waals surface area contributed by atoms with Crippen molar-refractivity contribution in [2.24, 2.45) is 5.92 Å². The van der Waals surface area contributed by atoms with Crippen molar-refractivity contribution in [2.45, 2.75) is 19.4 Å². The van der Waals surface area contributed by atoms with Crippen LogP contribution in [0, 0.1) is 5.92 Å². The molecule has 1 aromatic carbocycles. The van der Waals surface area contributed by atoms with Crippen LogP contribution >= 0.6 is 0 Å². The molecule has 0 aliphatic carbocycles. The Hall–Kier alpha value is -2.93. The molecule has 0 bridgehead atoms. The number of carbonyl (C=O) groups is 1. The summed E-state index contributed by atoms with van der Waals surface area (Å²) in [5, 5.41) is 11.5. The number of nitrogens with one attached hydrogen (secondary N) is 1. The van der Waals surface area contributed by atoms with Crippen molar-refractivity contribution in [3.63, 3.8) is 0 Å². The number of amides is 1. The van der Waals surface area contributed by atoms with Gasteiger partial charge >= 0.3 is 0 Å². The Kier molecular flexibility index (Phi) is 4.79. The topological polar surface area (TPSA) is 74.0 Å². The second-order valence-electron chi connectivity index (χ2n) is 6.46. The third-order valence-electron chi connectivity index (χ3n) is 4.55. The van der Waals surface area contributed by atoms with E-state index in [0.717, 1.165) is 38.3 Å². The molecule has 134 valence electrons. The van der Waals surface area contributed by atoms with Crippen LogP contribution in [-0.4, -0.2) is 38.7 Å². The van der Waals surface area contributed by atoms with Gasteiger partial charge in [-0.25, -0.2) is 4.68 Å². The Balaban J connectivity index is 1.41. The molecule has 0 unspecified atom stereocenters. The summed E-state index contributed by atoms with van der Waals surface area (Å²) in [5.74, 6) is 0.419. The molecule has 1 saturated heterocycles. The van der Waals surface area contributed by atoms with Gasteiger partial charge in [0.05, 0.1) is 17.6 Å². The molecule has 2 aromatic heterocycles. The first-order chi connectivity index (χ1) is 12.8. The highest BCUT2D eigenvalue weighted by Gasteiger charge is 2.15. The zero-order chi connectivity index (χ0) is 17.8. The number of ether oxygens (including phenoxy) is 1. The van der Waals surface area contributed by atoms with Crippen LogP contribution in [0.5, 0.6) is 0 Å². The lowest BCUT2D eigenvalue weighted by Crippen LogP contribution is -2.20. The Bertz CT molecular complexity index is 866. The fourth-order valence-electron chi connectivity index (χ4n) is 3.14. The van der Waals surface area contributed by atoms with Crippen LogP contribution < -0.4 is 5.32 Å². The van der Waals surface area contributed by atoms with E-state index in [0.29, 0.717) is 17.2 Å². The second-order valence-corrected chi connectivity index (χ2v) is 6.46. The highest BCUT2D eigenvalue weighted by atomic mass is 16.5. The smallest absolute Gasteiger partial charge is 0.255 e. The number of aromatic nitrogens is 4. The predicted molar refractivity (Wildman–Crippen MR) is 97.3 cm³/mol. The van der Waals surface area contributed by atoms with Crippen molar-refractivity contribution in [1.29, 1.82) is 0 Å². The van der Waals surface area contributed by atoms with Crippen LogP contribution in [-0.2, 0) is 11.3 Å². The van der Waals surface area contributed by atoms with E-state index < -0.39 is 0 Å². The van der Waals surface area contributed by atoms with E-state index in [1.165, 1.54) is 0 Å². The molecular weight excluding hydrogens is 330 g/mol. The molecule has 0 saturated carbocycles. The first kappa shape index (κ1) is 16.5. The number of nitrogens with zero attached hydrogens (tertiary/aromatic N) is 4. The maximum atomic E-state index is 12.5. The summed E-state index contributed by atoms with van der Waals surface area (Å²) < 4.78 is 9.01. The maximum Gasteiger partial charge on any atom is 0.255 e. The minimum absolute atomic E-state index is 0.162. The highest BCUT2D eigenvalue weighted by molar-refractivity contribution is 6.04. The molecule has 7 heteroatoms. The molecule has 3 heterocycles.